The van der Waals surface area contributed by atoms with E-state index in [9.17, 15) is 4.79 Å². The summed E-state index contributed by atoms with van der Waals surface area (Å²) >= 11 is 1.47. The predicted octanol–water partition coefficient (Wildman–Crippen LogP) is 3.61. The number of aryl methyl sites for hydroxylation is 1. The van der Waals surface area contributed by atoms with E-state index in [0.29, 0.717) is 6.54 Å². The van der Waals surface area contributed by atoms with E-state index in [2.05, 4.69) is 21.9 Å². The van der Waals surface area contributed by atoms with Gasteiger partial charge >= 0.3 is 0 Å². The highest BCUT2D eigenvalue weighted by Gasteiger charge is 2.24. The lowest BCUT2D eigenvalue weighted by Crippen LogP contribution is -2.31. The monoisotopic (exact) mass is 330 g/mol. The molecule has 2 aromatic heterocycles. The van der Waals surface area contributed by atoms with Crippen molar-refractivity contribution < 1.29 is 4.79 Å². The molecule has 0 radical (unpaired) electrons. The van der Waals surface area contributed by atoms with Gasteiger partial charge in [0.2, 0.25) is 0 Å². The molecule has 2 aromatic rings. The van der Waals surface area contributed by atoms with E-state index < -0.39 is 0 Å². The molecule has 5 nitrogen and oxygen atoms in total. The number of anilines is 1. The molecule has 0 aromatic carbocycles. The number of hydrogen-bond acceptors (Lipinski definition) is 5. The van der Waals surface area contributed by atoms with Crippen molar-refractivity contribution in [1.82, 2.24) is 14.9 Å². The average Bonchev–Trinajstić information content (AvgIpc) is 2.76. The number of likely N-dealkylation sites (tertiary alicyclic amines) is 1. The number of thiophene rings is 1. The van der Waals surface area contributed by atoms with Crippen LogP contribution in [-0.4, -0.2) is 40.4 Å². The third kappa shape index (κ3) is 3.22. The molecule has 1 amide bonds. The molecule has 0 aliphatic carbocycles. The van der Waals surface area contributed by atoms with E-state index in [4.69, 9.17) is 0 Å². The summed E-state index contributed by atoms with van der Waals surface area (Å²) in [6, 6.07) is 0. The van der Waals surface area contributed by atoms with Crippen LogP contribution < -0.4 is 5.32 Å². The van der Waals surface area contributed by atoms with Gasteiger partial charge in [0.1, 0.15) is 17.0 Å². The van der Waals surface area contributed by atoms with Crippen LogP contribution >= 0.6 is 11.3 Å². The molecule has 3 rings (SSSR count). The largest absolute Gasteiger partial charge is 0.366 e. The van der Waals surface area contributed by atoms with Crippen LogP contribution in [-0.2, 0) is 0 Å². The van der Waals surface area contributed by atoms with E-state index in [1.807, 2.05) is 11.8 Å². The number of nitrogens with one attached hydrogen (secondary N) is 1. The van der Waals surface area contributed by atoms with Crippen molar-refractivity contribution in [2.75, 3.05) is 25.0 Å². The Labute approximate surface area is 140 Å². The van der Waals surface area contributed by atoms with Crippen LogP contribution in [0.15, 0.2) is 19.0 Å². The van der Waals surface area contributed by atoms with Gasteiger partial charge in [0.25, 0.3) is 5.91 Å². The van der Waals surface area contributed by atoms with Crippen LogP contribution in [0.2, 0.25) is 0 Å². The van der Waals surface area contributed by atoms with Crippen molar-refractivity contribution in [3.8, 4) is 0 Å². The van der Waals surface area contributed by atoms with Gasteiger partial charge in [0, 0.05) is 19.6 Å². The van der Waals surface area contributed by atoms with Crippen LogP contribution in [0.4, 0.5) is 5.82 Å². The van der Waals surface area contributed by atoms with Gasteiger partial charge < -0.3 is 10.2 Å². The van der Waals surface area contributed by atoms with Crippen molar-refractivity contribution in [2.45, 2.75) is 32.6 Å². The van der Waals surface area contributed by atoms with Gasteiger partial charge in [-0.05, 0) is 25.3 Å². The molecular formula is C17H22N4OS. The summed E-state index contributed by atoms with van der Waals surface area (Å²) in [5, 5.41) is 4.19. The number of hydrogen-bond donors (Lipinski definition) is 1. The summed E-state index contributed by atoms with van der Waals surface area (Å²) < 4.78 is 0. The number of nitrogens with zero attached hydrogens (tertiary/aromatic N) is 3. The molecule has 1 fully saturated rings. The van der Waals surface area contributed by atoms with E-state index in [1.54, 1.807) is 12.4 Å². The molecule has 0 saturated carbocycles. The van der Waals surface area contributed by atoms with Gasteiger partial charge in [-0.2, -0.15) is 0 Å². The maximum absolute atomic E-state index is 12.9. The highest BCUT2D eigenvalue weighted by atomic mass is 32.1. The molecular weight excluding hydrogens is 308 g/mol. The van der Waals surface area contributed by atoms with Crippen LogP contribution in [0.1, 0.15) is 40.9 Å². The summed E-state index contributed by atoms with van der Waals surface area (Å²) in [4.78, 5) is 25.2. The first kappa shape index (κ1) is 15.9. The van der Waals surface area contributed by atoms with Gasteiger partial charge in [-0.1, -0.05) is 18.9 Å². The van der Waals surface area contributed by atoms with Gasteiger partial charge in [0.15, 0.2) is 0 Å². The minimum absolute atomic E-state index is 0.141. The molecule has 0 atom stereocenters. The lowest BCUT2D eigenvalue weighted by molar-refractivity contribution is 0.0766. The molecule has 1 N–H and O–H groups in total. The number of fused-ring (bicyclic) bond motifs is 1. The number of aromatic nitrogens is 2. The highest BCUT2D eigenvalue weighted by molar-refractivity contribution is 7.20. The summed E-state index contributed by atoms with van der Waals surface area (Å²) in [6.07, 6.45) is 7.97. The average molecular weight is 330 g/mol. The zero-order valence-corrected chi connectivity index (χ0v) is 14.3. The Balaban J connectivity index is 1.96. The maximum Gasteiger partial charge on any atom is 0.264 e. The van der Waals surface area contributed by atoms with Gasteiger partial charge in [0.05, 0.1) is 10.3 Å². The minimum Gasteiger partial charge on any atom is -0.366 e. The number of rotatable bonds is 4. The second-order valence-electron chi connectivity index (χ2n) is 5.83. The van der Waals surface area contributed by atoms with Crippen LogP contribution in [0.3, 0.4) is 0 Å². The minimum atomic E-state index is 0.141. The van der Waals surface area contributed by atoms with Crippen LogP contribution in [0.25, 0.3) is 10.2 Å². The third-order valence-electron chi connectivity index (χ3n) is 4.23. The Morgan fingerprint density at radius 1 is 1.35 bits per heavy atom. The second kappa shape index (κ2) is 7.08. The van der Waals surface area contributed by atoms with Crippen LogP contribution in [0.5, 0.6) is 0 Å². The fourth-order valence-corrected chi connectivity index (χ4v) is 4.11. The summed E-state index contributed by atoms with van der Waals surface area (Å²) in [5.74, 6) is 0.917. The fraction of sp³-hybridized carbons (Fsp3) is 0.471. The Morgan fingerprint density at radius 2 is 2.09 bits per heavy atom. The summed E-state index contributed by atoms with van der Waals surface area (Å²) in [5.41, 5.74) is 0.978. The molecule has 1 saturated heterocycles. The van der Waals surface area contributed by atoms with Crippen molar-refractivity contribution in [1.29, 1.82) is 0 Å². The third-order valence-corrected chi connectivity index (χ3v) is 5.42. The topological polar surface area (TPSA) is 58.1 Å². The Bertz CT molecular complexity index is 717. The molecule has 0 unspecified atom stereocenters. The molecule has 3 heterocycles. The van der Waals surface area contributed by atoms with Crippen molar-refractivity contribution in [3.63, 3.8) is 0 Å². The van der Waals surface area contributed by atoms with Crippen molar-refractivity contribution >= 4 is 33.3 Å². The van der Waals surface area contributed by atoms with E-state index >= 15 is 0 Å². The predicted molar refractivity (Wildman–Crippen MR) is 95.2 cm³/mol. The Kier molecular flexibility index (Phi) is 4.91. The number of carbonyl (C=O) groups is 1. The second-order valence-corrected chi connectivity index (χ2v) is 6.83. The van der Waals surface area contributed by atoms with Gasteiger partial charge in [-0.3, -0.25) is 4.79 Å². The zero-order chi connectivity index (χ0) is 16.2. The Hall–Kier alpha value is -1.95. The lowest BCUT2D eigenvalue weighted by Gasteiger charge is -2.19. The first-order valence-electron chi connectivity index (χ1n) is 8.10. The quantitative estimate of drug-likeness (QED) is 0.870. The molecule has 0 spiro atoms. The normalized spacial score (nSPS) is 15.4. The van der Waals surface area contributed by atoms with Gasteiger partial charge in [-0.15, -0.1) is 17.9 Å². The van der Waals surface area contributed by atoms with Gasteiger partial charge in [-0.25, -0.2) is 9.97 Å². The van der Waals surface area contributed by atoms with Crippen molar-refractivity contribution in [2.24, 2.45) is 0 Å². The molecule has 1 aliphatic heterocycles. The lowest BCUT2D eigenvalue weighted by atomic mass is 10.2. The number of carbonyl (C=O) groups excluding carboxylic acids is 1. The first-order valence-corrected chi connectivity index (χ1v) is 8.92. The van der Waals surface area contributed by atoms with Crippen molar-refractivity contribution in [3.05, 3.63) is 29.4 Å². The van der Waals surface area contributed by atoms with E-state index in [1.165, 1.54) is 24.2 Å². The molecule has 1 aliphatic rings. The van der Waals surface area contributed by atoms with E-state index in [-0.39, 0.29) is 5.91 Å². The number of amides is 1. The van der Waals surface area contributed by atoms with Crippen LogP contribution in [0, 0.1) is 6.92 Å². The molecule has 23 heavy (non-hydrogen) atoms. The maximum atomic E-state index is 12.9. The summed E-state index contributed by atoms with van der Waals surface area (Å²) in [6.45, 7) is 8.07. The fourth-order valence-electron chi connectivity index (χ4n) is 3.00. The Morgan fingerprint density at radius 3 is 2.78 bits per heavy atom. The molecule has 6 heteroatoms. The smallest absolute Gasteiger partial charge is 0.264 e. The first-order chi connectivity index (χ1) is 11.2. The molecule has 122 valence electrons. The molecule has 0 bridgehead atoms. The SMILES string of the molecule is C=CCNc1ncnc2sc(C(=O)N3CCCCCC3)c(C)c12. The standard InChI is InChI=1S/C17H22N4OS/c1-3-8-18-15-13-12(2)14(23-16(13)20-11-19-15)17(22)21-9-6-4-5-7-10-21/h3,11H,1,4-10H2,2H3,(H,18,19,20). The highest BCUT2D eigenvalue weighted by Crippen LogP contribution is 2.34. The van der Waals surface area contributed by atoms with E-state index in [0.717, 1.165) is 52.4 Å². The zero-order valence-electron chi connectivity index (χ0n) is 13.5. The summed E-state index contributed by atoms with van der Waals surface area (Å²) in [7, 11) is 0.